The Balaban J connectivity index is 1.26. The standard InChI is InChI=1S/C42H27N5/c1-4-17-36-28(11-1)21-22-29-25-35-33-15-3-5-18-37(33)45(40(35)27-39(29)47(36)41-20-7-8-23-43-41)30-12-9-13-31(26-30)46-38-19-6-2-14-32(38)34-16-10-24-44-42(34)46/h1-27H. The van der Waals surface area contributed by atoms with Gasteiger partial charge in [0.1, 0.15) is 11.5 Å². The van der Waals surface area contributed by atoms with Crippen LogP contribution in [0.15, 0.2) is 152 Å². The van der Waals surface area contributed by atoms with E-state index in [9.17, 15) is 0 Å². The van der Waals surface area contributed by atoms with Crippen molar-refractivity contribution in [3.8, 4) is 11.4 Å². The first-order valence-corrected chi connectivity index (χ1v) is 15.8. The fourth-order valence-electron chi connectivity index (χ4n) is 7.33. The normalized spacial score (nSPS) is 12.6. The lowest BCUT2D eigenvalue weighted by atomic mass is 10.1. The predicted octanol–water partition coefficient (Wildman–Crippen LogP) is 10.6. The van der Waals surface area contributed by atoms with Crippen molar-refractivity contribution in [2.45, 2.75) is 0 Å². The summed E-state index contributed by atoms with van der Waals surface area (Å²) >= 11 is 0. The van der Waals surface area contributed by atoms with E-state index in [-0.39, 0.29) is 0 Å². The molecule has 5 nitrogen and oxygen atoms in total. The van der Waals surface area contributed by atoms with E-state index in [1.807, 2.05) is 30.6 Å². The molecule has 1 aliphatic rings. The van der Waals surface area contributed by atoms with Gasteiger partial charge < -0.3 is 4.57 Å². The van der Waals surface area contributed by atoms with Crippen LogP contribution in [0.1, 0.15) is 11.1 Å². The smallest absolute Gasteiger partial charge is 0.145 e. The molecule has 0 aliphatic carbocycles. The van der Waals surface area contributed by atoms with Crippen LogP contribution in [0.3, 0.4) is 0 Å². The van der Waals surface area contributed by atoms with Crippen molar-refractivity contribution < 1.29 is 0 Å². The molecule has 0 bridgehead atoms. The summed E-state index contributed by atoms with van der Waals surface area (Å²) in [6.07, 6.45) is 8.19. The topological polar surface area (TPSA) is 38.9 Å². The number of pyridine rings is 2. The average Bonchev–Trinajstić information content (AvgIpc) is 3.58. The summed E-state index contributed by atoms with van der Waals surface area (Å²) in [5.74, 6) is 0.882. The van der Waals surface area contributed by atoms with E-state index in [0.29, 0.717) is 0 Å². The van der Waals surface area contributed by atoms with Gasteiger partial charge >= 0.3 is 0 Å². The van der Waals surface area contributed by atoms with E-state index in [0.717, 1.165) is 67.3 Å². The first kappa shape index (κ1) is 25.8. The molecule has 9 aromatic rings. The summed E-state index contributed by atoms with van der Waals surface area (Å²) in [6.45, 7) is 0. The fourth-order valence-corrected chi connectivity index (χ4v) is 7.33. The lowest BCUT2D eigenvalue weighted by Crippen LogP contribution is -2.13. The van der Waals surface area contributed by atoms with Crippen LogP contribution in [0.2, 0.25) is 0 Å². The summed E-state index contributed by atoms with van der Waals surface area (Å²) in [5, 5.41) is 4.77. The molecule has 4 aromatic heterocycles. The summed E-state index contributed by atoms with van der Waals surface area (Å²) in [7, 11) is 0. The van der Waals surface area contributed by atoms with Gasteiger partial charge in [-0.2, -0.15) is 0 Å². The highest BCUT2D eigenvalue weighted by molar-refractivity contribution is 6.12. The molecule has 10 rings (SSSR count). The third-order valence-corrected chi connectivity index (χ3v) is 9.34. The van der Waals surface area contributed by atoms with Gasteiger partial charge in [0, 0.05) is 45.3 Å². The fraction of sp³-hybridized carbons (Fsp3) is 0. The largest absolute Gasteiger partial charge is 0.309 e. The molecule has 5 aromatic carbocycles. The highest BCUT2D eigenvalue weighted by Gasteiger charge is 2.24. The maximum absolute atomic E-state index is 4.84. The van der Waals surface area contributed by atoms with Crippen molar-refractivity contribution in [3.05, 3.63) is 163 Å². The maximum atomic E-state index is 4.84. The van der Waals surface area contributed by atoms with Crippen molar-refractivity contribution in [2.75, 3.05) is 4.90 Å². The van der Waals surface area contributed by atoms with Gasteiger partial charge in [0.15, 0.2) is 0 Å². The van der Waals surface area contributed by atoms with E-state index in [1.165, 1.54) is 16.2 Å². The van der Waals surface area contributed by atoms with E-state index in [1.54, 1.807) is 0 Å². The van der Waals surface area contributed by atoms with Crippen molar-refractivity contribution in [2.24, 2.45) is 0 Å². The molecule has 0 fully saturated rings. The molecule has 0 unspecified atom stereocenters. The Kier molecular flexibility index (Phi) is 5.51. The Hall–Kier alpha value is -6.46. The first-order chi connectivity index (χ1) is 23.3. The maximum Gasteiger partial charge on any atom is 0.145 e. The predicted molar refractivity (Wildman–Crippen MR) is 194 cm³/mol. The van der Waals surface area contributed by atoms with Gasteiger partial charge in [-0.05, 0) is 83.9 Å². The minimum absolute atomic E-state index is 0.882. The van der Waals surface area contributed by atoms with E-state index in [2.05, 4.69) is 148 Å². The zero-order chi connectivity index (χ0) is 30.9. The second-order valence-electron chi connectivity index (χ2n) is 11.9. The zero-order valence-electron chi connectivity index (χ0n) is 25.3. The molecule has 0 saturated carbocycles. The van der Waals surface area contributed by atoms with Crippen LogP contribution in [0.25, 0.3) is 67.3 Å². The second-order valence-corrected chi connectivity index (χ2v) is 11.9. The molecule has 220 valence electrons. The third kappa shape index (κ3) is 3.83. The van der Waals surface area contributed by atoms with Crippen LogP contribution in [0, 0.1) is 0 Å². The molecule has 0 atom stereocenters. The van der Waals surface area contributed by atoms with Crippen LogP contribution < -0.4 is 4.90 Å². The molecule has 5 heteroatoms. The Morgan fingerprint density at radius 3 is 1.94 bits per heavy atom. The van der Waals surface area contributed by atoms with Crippen LogP contribution in [0.4, 0.5) is 17.2 Å². The van der Waals surface area contributed by atoms with Crippen LogP contribution in [0.5, 0.6) is 0 Å². The average molecular weight is 602 g/mol. The third-order valence-electron chi connectivity index (χ3n) is 9.34. The summed E-state index contributed by atoms with van der Waals surface area (Å²) in [5.41, 5.74) is 11.0. The van der Waals surface area contributed by atoms with Gasteiger partial charge in [0.05, 0.1) is 27.9 Å². The van der Waals surface area contributed by atoms with E-state index >= 15 is 0 Å². The number of hydrogen-bond acceptors (Lipinski definition) is 3. The number of fused-ring (bicyclic) bond motifs is 8. The van der Waals surface area contributed by atoms with Gasteiger partial charge in [-0.15, -0.1) is 0 Å². The number of para-hydroxylation sites is 3. The lowest BCUT2D eigenvalue weighted by molar-refractivity contribution is 1.11. The van der Waals surface area contributed by atoms with Gasteiger partial charge in [0.2, 0.25) is 0 Å². The molecule has 47 heavy (non-hydrogen) atoms. The number of aromatic nitrogens is 4. The molecule has 0 spiro atoms. The zero-order valence-corrected chi connectivity index (χ0v) is 25.3. The monoisotopic (exact) mass is 601 g/mol. The van der Waals surface area contributed by atoms with Gasteiger partial charge in [-0.1, -0.05) is 78.9 Å². The Labute approximate surface area is 270 Å². The molecular formula is C42H27N5. The second kappa shape index (κ2) is 10.0. The number of anilines is 3. The number of hydrogen-bond donors (Lipinski definition) is 0. The number of nitrogens with zero attached hydrogens (tertiary/aromatic N) is 5. The molecule has 5 heterocycles. The highest BCUT2D eigenvalue weighted by Crippen LogP contribution is 2.45. The summed E-state index contributed by atoms with van der Waals surface area (Å²) < 4.78 is 4.67. The van der Waals surface area contributed by atoms with Crippen LogP contribution >= 0.6 is 0 Å². The molecule has 0 N–H and O–H groups in total. The van der Waals surface area contributed by atoms with Gasteiger partial charge in [-0.3, -0.25) is 9.47 Å². The van der Waals surface area contributed by atoms with Crippen molar-refractivity contribution in [1.29, 1.82) is 0 Å². The van der Waals surface area contributed by atoms with Crippen LogP contribution in [-0.4, -0.2) is 19.1 Å². The summed E-state index contributed by atoms with van der Waals surface area (Å²) in [4.78, 5) is 11.9. The minimum atomic E-state index is 0.882. The molecule has 0 saturated heterocycles. The SMILES string of the molecule is C1=Cc2cc3c4ccccc4n(-c4cccc(-n5c6ccccc6c6cccnc65)c4)c3cc2N(c2ccccn2)c2ccccc21. The van der Waals surface area contributed by atoms with Crippen molar-refractivity contribution >= 4 is 73.1 Å². The van der Waals surface area contributed by atoms with E-state index < -0.39 is 0 Å². The Morgan fingerprint density at radius 1 is 0.404 bits per heavy atom. The van der Waals surface area contributed by atoms with Crippen molar-refractivity contribution in [1.82, 2.24) is 19.1 Å². The minimum Gasteiger partial charge on any atom is -0.309 e. The highest BCUT2D eigenvalue weighted by atomic mass is 15.2. The number of rotatable bonds is 3. The van der Waals surface area contributed by atoms with Gasteiger partial charge in [0.25, 0.3) is 0 Å². The van der Waals surface area contributed by atoms with E-state index in [4.69, 9.17) is 9.97 Å². The Morgan fingerprint density at radius 2 is 1.09 bits per heavy atom. The number of benzene rings is 5. The Bertz CT molecular complexity index is 2640. The van der Waals surface area contributed by atoms with Gasteiger partial charge in [-0.25, -0.2) is 9.97 Å². The lowest BCUT2D eigenvalue weighted by Gasteiger charge is -2.26. The quantitative estimate of drug-likeness (QED) is 0.202. The van der Waals surface area contributed by atoms with Crippen LogP contribution in [-0.2, 0) is 0 Å². The molecule has 0 amide bonds. The molecular weight excluding hydrogens is 574 g/mol. The van der Waals surface area contributed by atoms with Crippen molar-refractivity contribution in [3.63, 3.8) is 0 Å². The molecule has 1 aliphatic heterocycles. The summed E-state index contributed by atoms with van der Waals surface area (Å²) in [6, 6.07) is 49.5. The first-order valence-electron chi connectivity index (χ1n) is 15.8. The molecule has 0 radical (unpaired) electrons.